The summed E-state index contributed by atoms with van der Waals surface area (Å²) >= 11 is 1.63. The molecule has 1 amide bonds. The zero-order chi connectivity index (χ0) is 10.4. The van der Waals surface area contributed by atoms with Crippen molar-refractivity contribution < 1.29 is 9.53 Å². The van der Waals surface area contributed by atoms with Crippen molar-refractivity contribution in [3.05, 3.63) is 16.1 Å². The van der Waals surface area contributed by atoms with Gasteiger partial charge in [-0.15, -0.1) is 11.3 Å². The molecular formula is C9H14N2O2S. The molecule has 0 aliphatic carbocycles. The molecule has 4 nitrogen and oxygen atoms in total. The predicted molar refractivity (Wildman–Crippen MR) is 55.2 cm³/mol. The molecule has 1 rings (SSSR count). The molecule has 0 saturated carbocycles. The number of thiazole rings is 1. The number of aryl methyl sites for hydroxylation is 1. The van der Waals surface area contributed by atoms with Crippen LogP contribution in [0.4, 0.5) is 0 Å². The van der Waals surface area contributed by atoms with Crippen LogP contribution in [-0.2, 0) is 16.0 Å². The monoisotopic (exact) mass is 214 g/mol. The average molecular weight is 214 g/mol. The predicted octanol–water partition coefficient (Wildman–Crippen LogP) is 0.886. The Kier molecular flexibility index (Phi) is 4.55. The smallest absolute Gasteiger partial charge is 0.219 e. The summed E-state index contributed by atoms with van der Waals surface area (Å²) < 4.78 is 5.25. The van der Waals surface area contributed by atoms with Crippen LogP contribution >= 0.6 is 11.3 Å². The first-order valence-electron chi connectivity index (χ1n) is 4.45. The Hall–Kier alpha value is -0.940. The van der Waals surface area contributed by atoms with Gasteiger partial charge in [0.2, 0.25) is 5.91 Å². The van der Waals surface area contributed by atoms with E-state index >= 15 is 0 Å². The number of hydrogen-bond donors (Lipinski definition) is 1. The lowest BCUT2D eigenvalue weighted by atomic mass is 10.3. The summed E-state index contributed by atoms with van der Waals surface area (Å²) in [5.41, 5.74) is 7.86. The Labute approximate surface area is 87.1 Å². The van der Waals surface area contributed by atoms with Crippen molar-refractivity contribution in [2.24, 2.45) is 5.73 Å². The minimum Gasteiger partial charge on any atom is -0.381 e. The summed E-state index contributed by atoms with van der Waals surface area (Å²) in [6, 6.07) is 0. The van der Waals surface area contributed by atoms with Crippen LogP contribution in [0.2, 0.25) is 0 Å². The second-order valence-electron chi connectivity index (χ2n) is 2.94. The van der Waals surface area contributed by atoms with Crippen LogP contribution in [0.15, 0.2) is 5.51 Å². The first-order valence-corrected chi connectivity index (χ1v) is 5.33. The van der Waals surface area contributed by atoms with Gasteiger partial charge >= 0.3 is 0 Å². The van der Waals surface area contributed by atoms with Gasteiger partial charge in [0.1, 0.15) is 0 Å². The number of amides is 1. The van der Waals surface area contributed by atoms with E-state index in [4.69, 9.17) is 10.5 Å². The van der Waals surface area contributed by atoms with Gasteiger partial charge in [-0.25, -0.2) is 4.98 Å². The van der Waals surface area contributed by atoms with Crippen LogP contribution in [0.25, 0.3) is 0 Å². The quantitative estimate of drug-likeness (QED) is 0.715. The number of nitrogens with zero attached hydrogens (tertiary/aromatic N) is 1. The van der Waals surface area contributed by atoms with Gasteiger partial charge in [-0.1, -0.05) is 0 Å². The third kappa shape index (κ3) is 3.85. The number of ether oxygens (including phenoxy) is 1. The highest BCUT2D eigenvalue weighted by Crippen LogP contribution is 2.12. The van der Waals surface area contributed by atoms with Gasteiger partial charge in [-0.2, -0.15) is 0 Å². The van der Waals surface area contributed by atoms with Gasteiger partial charge in [-0.3, -0.25) is 4.79 Å². The molecule has 0 aliphatic heterocycles. The van der Waals surface area contributed by atoms with Gasteiger partial charge in [0, 0.05) is 17.7 Å². The molecular weight excluding hydrogens is 200 g/mol. The van der Waals surface area contributed by atoms with E-state index in [-0.39, 0.29) is 5.91 Å². The molecule has 5 heteroatoms. The van der Waals surface area contributed by atoms with Crippen LogP contribution in [-0.4, -0.2) is 24.1 Å². The fourth-order valence-corrected chi connectivity index (χ4v) is 1.77. The van der Waals surface area contributed by atoms with Gasteiger partial charge in [-0.05, 0) is 6.92 Å². The topological polar surface area (TPSA) is 65.2 Å². The lowest BCUT2D eigenvalue weighted by Crippen LogP contribution is -2.14. The maximum atomic E-state index is 10.4. The minimum atomic E-state index is -0.320. The zero-order valence-corrected chi connectivity index (χ0v) is 8.97. The maximum Gasteiger partial charge on any atom is 0.219 e. The number of aromatic nitrogens is 1. The molecule has 78 valence electrons. The second kappa shape index (κ2) is 5.72. The first kappa shape index (κ1) is 11.1. The van der Waals surface area contributed by atoms with E-state index in [1.807, 2.05) is 12.4 Å². The average Bonchev–Trinajstić information content (AvgIpc) is 2.51. The lowest BCUT2D eigenvalue weighted by Gasteiger charge is -2.01. The summed E-state index contributed by atoms with van der Waals surface area (Å²) in [6.45, 7) is 3.01. The van der Waals surface area contributed by atoms with Crippen molar-refractivity contribution in [2.75, 3.05) is 13.2 Å². The number of hydrogen-bond acceptors (Lipinski definition) is 4. The normalized spacial score (nSPS) is 10.4. The molecule has 1 heterocycles. The molecule has 2 N–H and O–H groups in total. The van der Waals surface area contributed by atoms with E-state index in [0.29, 0.717) is 19.6 Å². The molecule has 0 fully saturated rings. The summed E-state index contributed by atoms with van der Waals surface area (Å²) in [4.78, 5) is 15.8. The van der Waals surface area contributed by atoms with E-state index in [1.54, 1.807) is 11.3 Å². The Bertz CT molecular complexity index is 299. The van der Waals surface area contributed by atoms with Crippen molar-refractivity contribution in [3.63, 3.8) is 0 Å². The standard InChI is InChI=1S/C9H14N2O2S/c1-7-8(14-6-11-7)2-4-13-5-3-9(10)12/h6H,2-5H2,1H3,(H2,10,12). The Morgan fingerprint density at radius 3 is 3.00 bits per heavy atom. The van der Waals surface area contributed by atoms with Crippen LogP contribution in [0.1, 0.15) is 17.0 Å². The molecule has 0 unspecified atom stereocenters. The van der Waals surface area contributed by atoms with Crippen molar-refractivity contribution >= 4 is 17.2 Å². The largest absolute Gasteiger partial charge is 0.381 e. The van der Waals surface area contributed by atoms with Crippen molar-refractivity contribution in [1.82, 2.24) is 4.98 Å². The van der Waals surface area contributed by atoms with Gasteiger partial charge in [0.25, 0.3) is 0 Å². The van der Waals surface area contributed by atoms with E-state index in [1.165, 1.54) is 4.88 Å². The van der Waals surface area contributed by atoms with Crippen LogP contribution in [0.5, 0.6) is 0 Å². The third-order valence-electron chi connectivity index (χ3n) is 1.81. The Balaban J connectivity index is 2.10. The van der Waals surface area contributed by atoms with Gasteiger partial charge in [0.15, 0.2) is 0 Å². The van der Waals surface area contributed by atoms with E-state index in [2.05, 4.69) is 4.98 Å². The first-order chi connectivity index (χ1) is 6.70. The van der Waals surface area contributed by atoms with Crippen LogP contribution in [0.3, 0.4) is 0 Å². The zero-order valence-electron chi connectivity index (χ0n) is 8.16. The summed E-state index contributed by atoms with van der Waals surface area (Å²) in [7, 11) is 0. The highest BCUT2D eigenvalue weighted by atomic mass is 32.1. The van der Waals surface area contributed by atoms with Crippen LogP contribution in [0, 0.1) is 6.92 Å². The molecule has 0 spiro atoms. The fraction of sp³-hybridized carbons (Fsp3) is 0.556. The Morgan fingerprint density at radius 1 is 1.64 bits per heavy atom. The number of primary amides is 1. The second-order valence-corrected chi connectivity index (χ2v) is 3.88. The molecule has 1 aromatic rings. The number of nitrogens with two attached hydrogens (primary N) is 1. The van der Waals surface area contributed by atoms with Crippen molar-refractivity contribution in [3.8, 4) is 0 Å². The molecule has 0 aromatic carbocycles. The molecule has 0 bridgehead atoms. The highest BCUT2D eigenvalue weighted by molar-refractivity contribution is 7.09. The maximum absolute atomic E-state index is 10.4. The molecule has 0 atom stereocenters. The molecule has 14 heavy (non-hydrogen) atoms. The van der Waals surface area contributed by atoms with Crippen molar-refractivity contribution in [2.45, 2.75) is 19.8 Å². The number of carbonyl (C=O) groups is 1. The van der Waals surface area contributed by atoms with Crippen LogP contribution < -0.4 is 5.73 Å². The van der Waals surface area contributed by atoms with Crippen molar-refractivity contribution in [1.29, 1.82) is 0 Å². The third-order valence-corrected chi connectivity index (χ3v) is 2.81. The fourth-order valence-electron chi connectivity index (χ4n) is 1.01. The molecule has 1 aromatic heterocycles. The van der Waals surface area contributed by atoms with Gasteiger partial charge in [0.05, 0.1) is 24.4 Å². The molecule has 0 radical (unpaired) electrons. The highest BCUT2D eigenvalue weighted by Gasteiger charge is 2.01. The molecule has 0 saturated heterocycles. The van der Waals surface area contributed by atoms with E-state index < -0.39 is 0 Å². The Morgan fingerprint density at radius 2 is 2.43 bits per heavy atom. The number of rotatable bonds is 6. The SMILES string of the molecule is Cc1ncsc1CCOCCC(N)=O. The van der Waals surface area contributed by atoms with E-state index in [9.17, 15) is 4.79 Å². The summed E-state index contributed by atoms with van der Waals surface area (Å²) in [5, 5.41) is 0. The van der Waals surface area contributed by atoms with Gasteiger partial charge < -0.3 is 10.5 Å². The minimum absolute atomic E-state index is 0.293. The summed E-state index contributed by atoms with van der Waals surface area (Å²) in [5.74, 6) is -0.320. The summed E-state index contributed by atoms with van der Waals surface area (Å²) in [6.07, 6.45) is 1.15. The molecule has 0 aliphatic rings. The lowest BCUT2D eigenvalue weighted by molar-refractivity contribution is -0.119. The van der Waals surface area contributed by atoms with E-state index in [0.717, 1.165) is 12.1 Å². The number of carbonyl (C=O) groups excluding carboxylic acids is 1.